The van der Waals surface area contributed by atoms with Gasteiger partial charge in [-0.15, -0.1) is 13.2 Å². The molecule has 1 N–H and O–H groups in total. The number of hydrogen-bond donors (Lipinski definition) is 1. The summed E-state index contributed by atoms with van der Waals surface area (Å²) in [6.07, 6.45) is -4.84. The fourth-order valence-electron chi connectivity index (χ4n) is 1.69. The van der Waals surface area contributed by atoms with E-state index >= 15 is 0 Å². The van der Waals surface area contributed by atoms with Crippen LogP contribution in [0.1, 0.15) is 5.56 Å². The summed E-state index contributed by atoms with van der Waals surface area (Å²) in [5.41, 5.74) is 0.863. The van der Waals surface area contributed by atoms with Crippen LogP contribution < -0.4 is 9.46 Å². The van der Waals surface area contributed by atoms with Gasteiger partial charge in [0.2, 0.25) is 0 Å². The Kier molecular flexibility index (Phi) is 4.32. The summed E-state index contributed by atoms with van der Waals surface area (Å²) >= 11 is 0. The third-order valence-corrected chi connectivity index (χ3v) is 4.05. The molecule has 0 heterocycles. The van der Waals surface area contributed by atoms with Crippen LogP contribution in [0.25, 0.3) is 0 Å². The van der Waals surface area contributed by atoms with Crippen LogP contribution in [0, 0.1) is 6.92 Å². The van der Waals surface area contributed by atoms with Gasteiger partial charge >= 0.3 is 6.36 Å². The molecule has 0 saturated carbocycles. The van der Waals surface area contributed by atoms with Crippen molar-refractivity contribution in [1.29, 1.82) is 0 Å². The molecule has 2 aromatic rings. The van der Waals surface area contributed by atoms with Gasteiger partial charge in [-0.1, -0.05) is 23.8 Å². The predicted octanol–water partition coefficient (Wildman–Crippen LogP) is 3.69. The molecule has 0 amide bonds. The van der Waals surface area contributed by atoms with Gasteiger partial charge < -0.3 is 4.74 Å². The highest BCUT2D eigenvalue weighted by Gasteiger charge is 2.31. The second-order valence-corrected chi connectivity index (χ2v) is 6.18. The van der Waals surface area contributed by atoms with E-state index in [1.807, 2.05) is 6.92 Å². The second kappa shape index (κ2) is 5.88. The smallest absolute Gasteiger partial charge is 0.406 e. The van der Waals surface area contributed by atoms with E-state index in [0.29, 0.717) is 0 Å². The van der Waals surface area contributed by atoms with Crippen LogP contribution in [0.4, 0.5) is 18.9 Å². The molecule has 2 aromatic carbocycles. The fraction of sp³-hybridized carbons (Fsp3) is 0.143. The van der Waals surface area contributed by atoms with E-state index < -0.39 is 22.1 Å². The molecule has 0 radical (unpaired) electrons. The molecule has 4 nitrogen and oxygen atoms in total. The van der Waals surface area contributed by atoms with Crippen molar-refractivity contribution in [1.82, 2.24) is 0 Å². The number of rotatable bonds is 4. The van der Waals surface area contributed by atoms with E-state index in [1.54, 1.807) is 12.1 Å². The summed E-state index contributed by atoms with van der Waals surface area (Å²) in [4.78, 5) is 0.0141. The van der Waals surface area contributed by atoms with Crippen molar-refractivity contribution < 1.29 is 26.3 Å². The number of benzene rings is 2. The molecular formula is C14H12F3NO3S. The minimum absolute atomic E-state index is 0.0141. The topological polar surface area (TPSA) is 55.4 Å². The van der Waals surface area contributed by atoms with Crippen LogP contribution >= 0.6 is 0 Å². The average Bonchev–Trinajstić information content (AvgIpc) is 2.37. The number of ether oxygens (including phenoxy) is 1. The summed E-state index contributed by atoms with van der Waals surface area (Å²) in [7, 11) is -3.88. The summed E-state index contributed by atoms with van der Waals surface area (Å²) in [5, 5.41) is 0. The van der Waals surface area contributed by atoms with Crippen molar-refractivity contribution in [2.24, 2.45) is 0 Å². The molecule has 0 aliphatic rings. The lowest BCUT2D eigenvalue weighted by Crippen LogP contribution is -2.17. The first-order valence-corrected chi connectivity index (χ1v) is 7.59. The van der Waals surface area contributed by atoms with Gasteiger partial charge in [-0.2, -0.15) is 0 Å². The number of anilines is 1. The Bertz CT molecular complexity index is 756. The lowest BCUT2D eigenvalue weighted by Gasteiger charge is -2.11. The van der Waals surface area contributed by atoms with Crippen LogP contribution in [0.5, 0.6) is 5.75 Å². The van der Waals surface area contributed by atoms with Gasteiger partial charge in [0.25, 0.3) is 10.0 Å². The van der Waals surface area contributed by atoms with E-state index in [1.165, 1.54) is 24.3 Å². The van der Waals surface area contributed by atoms with Crippen molar-refractivity contribution >= 4 is 15.7 Å². The number of alkyl halides is 3. The highest BCUT2D eigenvalue weighted by molar-refractivity contribution is 7.92. The van der Waals surface area contributed by atoms with E-state index in [2.05, 4.69) is 9.46 Å². The van der Waals surface area contributed by atoms with E-state index in [-0.39, 0.29) is 10.6 Å². The molecule has 0 bridgehead atoms. The first-order chi connectivity index (χ1) is 10.2. The second-order valence-electron chi connectivity index (χ2n) is 4.49. The number of halogens is 3. The van der Waals surface area contributed by atoms with Gasteiger partial charge in [0.15, 0.2) is 0 Å². The first-order valence-electron chi connectivity index (χ1n) is 6.11. The lowest BCUT2D eigenvalue weighted by molar-refractivity contribution is -0.274. The molecule has 22 heavy (non-hydrogen) atoms. The molecule has 0 aliphatic carbocycles. The predicted molar refractivity (Wildman–Crippen MR) is 75.1 cm³/mol. The zero-order valence-corrected chi connectivity index (χ0v) is 12.2. The minimum Gasteiger partial charge on any atom is -0.406 e. The van der Waals surface area contributed by atoms with Gasteiger partial charge in [-0.05, 0) is 31.2 Å². The van der Waals surface area contributed by atoms with Crippen LogP contribution in [0.3, 0.4) is 0 Å². The number of sulfonamides is 1. The van der Waals surface area contributed by atoms with Crippen molar-refractivity contribution in [2.75, 3.05) is 4.72 Å². The normalized spacial score (nSPS) is 12.0. The highest BCUT2D eigenvalue weighted by atomic mass is 32.2. The molecule has 0 saturated heterocycles. The fourth-order valence-corrected chi connectivity index (χ4v) is 2.74. The SMILES string of the molecule is Cc1ccc(S(=O)(=O)Nc2cccc(OC(F)(F)F)c2)cc1. The molecule has 2 rings (SSSR count). The molecule has 0 fully saturated rings. The maximum absolute atomic E-state index is 12.2. The quantitative estimate of drug-likeness (QED) is 0.929. The zero-order valence-electron chi connectivity index (χ0n) is 11.4. The lowest BCUT2D eigenvalue weighted by atomic mass is 10.2. The van der Waals surface area contributed by atoms with Gasteiger partial charge in [0, 0.05) is 6.07 Å². The number of hydrogen-bond acceptors (Lipinski definition) is 3. The third-order valence-electron chi connectivity index (χ3n) is 2.65. The molecule has 0 unspecified atom stereocenters. The molecular weight excluding hydrogens is 319 g/mol. The van der Waals surface area contributed by atoms with Gasteiger partial charge in [0.1, 0.15) is 5.75 Å². The van der Waals surface area contributed by atoms with Crippen LogP contribution in [0.15, 0.2) is 53.4 Å². The first kappa shape index (κ1) is 16.2. The van der Waals surface area contributed by atoms with Crippen LogP contribution in [0.2, 0.25) is 0 Å². The van der Waals surface area contributed by atoms with E-state index in [4.69, 9.17) is 0 Å². The summed E-state index contributed by atoms with van der Waals surface area (Å²) < 4.78 is 66.7. The van der Waals surface area contributed by atoms with Crippen molar-refractivity contribution in [3.05, 3.63) is 54.1 Å². The Balaban J connectivity index is 2.23. The van der Waals surface area contributed by atoms with Gasteiger partial charge in [0.05, 0.1) is 10.6 Å². The van der Waals surface area contributed by atoms with Crippen LogP contribution in [-0.4, -0.2) is 14.8 Å². The standard InChI is InChI=1S/C14H12F3NO3S/c1-10-5-7-13(8-6-10)22(19,20)18-11-3-2-4-12(9-11)21-14(15,16)17/h2-9,18H,1H3. The molecule has 0 spiro atoms. The molecule has 8 heteroatoms. The van der Waals surface area contributed by atoms with Crippen molar-refractivity contribution in [2.45, 2.75) is 18.2 Å². The summed E-state index contributed by atoms with van der Waals surface area (Å²) in [6.45, 7) is 1.81. The Morgan fingerprint density at radius 2 is 1.68 bits per heavy atom. The third kappa shape index (κ3) is 4.39. The largest absolute Gasteiger partial charge is 0.573 e. The highest BCUT2D eigenvalue weighted by Crippen LogP contribution is 2.26. The van der Waals surface area contributed by atoms with E-state index in [9.17, 15) is 21.6 Å². The Morgan fingerprint density at radius 1 is 1.05 bits per heavy atom. The maximum atomic E-state index is 12.2. The Morgan fingerprint density at radius 3 is 2.27 bits per heavy atom. The van der Waals surface area contributed by atoms with Crippen LogP contribution in [-0.2, 0) is 10.0 Å². The molecule has 0 aromatic heterocycles. The average molecular weight is 331 g/mol. The monoisotopic (exact) mass is 331 g/mol. The summed E-state index contributed by atoms with van der Waals surface area (Å²) in [5.74, 6) is -0.503. The summed E-state index contributed by atoms with van der Waals surface area (Å²) in [6, 6.07) is 10.7. The Labute approximate surface area is 125 Å². The Hall–Kier alpha value is -2.22. The van der Waals surface area contributed by atoms with Gasteiger partial charge in [-0.3, -0.25) is 4.72 Å². The van der Waals surface area contributed by atoms with Gasteiger partial charge in [-0.25, -0.2) is 8.42 Å². The minimum atomic E-state index is -4.84. The maximum Gasteiger partial charge on any atom is 0.573 e. The number of nitrogens with one attached hydrogen (secondary N) is 1. The van der Waals surface area contributed by atoms with Crippen molar-refractivity contribution in [3.8, 4) is 5.75 Å². The van der Waals surface area contributed by atoms with Crippen molar-refractivity contribution in [3.63, 3.8) is 0 Å². The number of aryl methyl sites for hydroxylation is 1. The molecule has 0 aliphatic heterocycles. The molecule has 0 atom stereocenters. The zero-order chi connectivity index (χ0) is 16.4. The molecule has 118 valence electrons. The van der Waals surface area contributed by atoms with E-state index in [0.717, 1.165) is 17.7 Å².